The molecule has 2 aliphatic rings. The molecule has 74 heavy (non-hydrogen) atoms. The molecule has 17 nitrogen and oxygen atoms in total. The van der Waals surface area contributed by atoms with Gasteiger partial charge in [0.25, 0.3) is 0 Å². The molecule has 2 aromatic heterocycles. The molecular weight excluding hydrogens is 998 g/mol. The molecule has 4 aromatic rings. The van der Waals surface area contributed by atoms with Gasteiger partial charge in [0, 0.05) is 49.5 Å². The fourth-order valence-corrected chi connectivity index (χ4v) is 11.1. The number of nitrogen functional groups attached to an aromatic ring is 1. The van der Waals surface area contributed by atoms with Crippen LogP contribution in [-0.2, 0) is 24.0 Å². The Bertz CT molecular complexity index is 2550. The number of thiazole rings is 1. The number of hydrogen-bond acceptors (Lipinski definition) is 14. The number of aliphatic hydroxyl groups excluding tert-OH is 1. The van der Waals surface area contributed by atoms with Gasteiger partial charge < -0.3 is 47.6 Å². The van der Waals surface area contributed by atoms with Gasteiger partial charge in [-0.1, -0.05) is 119 Å². The highest BCUT2D eigenvalue weighted by molar-refractivity contribution is 7.99. The van der Waals surface area contributed by atoms with Crippen molar-refractivity contribution in [1.82, 2.24) is 35.8 Å². The van der Waals surface area contributed by atoms with Gasteiger partial charge in [-0.25, -0.2) is 15.0 Å². The molecule has 6 rings (SSSR count). The first-order valence-corrected chi connectivity index (χ1v) is 28.0. The first-order chi connectivity index (χ1) is 35.2. The summed E-state index contributed by atoms with van der Waals surface area (Å²) < 4.78 is 0. The standard InChI is InChI=1S/C54H76ClN11O6S2/c1-34(36-20-22-37(23-21-36)47-35(2)60-33-73-47)61-50(71)40-29-38(67)32-66(40)52(72)48(53(3,4)5)64-43(68)19-14-12-10-8-7-9-11-13-15-26-58-44(69)30-45(70)62-39-17-16-18-41(46(39)55)74-51-49(56)63-42(31-59-51)65-27-24-54(6,57)25-28-65/h16-18,20-23,31,33-34,38,40,48,67H,7-15,19,24-30,32,57H2,1-6H3,(H2,56,63)(H,58,69)(H,61,71)(H,62,70)(H,64,68)/t34-,38+,40-,48+/m1/s1. The van der Waals surface area contributed by atoms with Gasteiger partial charge >= 0.3 is 0 Å². The molecule has 0 unspecified atom stereocenters. The van der Waals surface area contributed by atoms with E-state index in [-0.39, 0.29) is 66.8 Å². The molecule has 4 atom stereocenters. The molecule has 2 aromatic carbocycles. The average Bonchev–Trinajstić information content (AvgIpc) is 3.97. The molecule has 2 aliphatic heterocycles. The van der Waals surface area contributed by atoms with Crippen LogP contribution in [0.2, 0.25) is 5.02 Å². The van der Waals surface area contributed by atoms with Gasteiger partial charge in [0.15, 0.2) is 5.82 Å². The van der Waals surface area contributed by atoms with Crippen LogP contribution in [0.15, 0.2) is 64.1 Å². The normalized spacial score (nSPS) is 17.4. The van der Waals surface area contributed by atoms with E-state index in [1.54, 1.807) is 35.7 Å². The topological polar surface area (TPSA) is 251 Å². The fourth-order valence-electron chi connectivity index (χ4n) is 9.18. The van der Waals surface area contributed by atoms with Crippen molar-refractivity contribution in [2.24, 2.45) is 11.1 Å². The molecule has 9 N–H and O–H groups in total. The Morgan fingerprint density at radius 3 is 2.22 bits per heavy atom. The van der Waals surface area contributed by atoms with Crippen molar-refractivity contribution in [3.05, 3.63) is 70.5 Å². The Kier molecular flexibility index (Phi) is 21.1. The van der Waals surface area contributed by atoms with Crippen LogP contribution in [0.4, 0.5) is 17.3 Å². The highest BCUT2D eigenvalue weighted by Gasteiger charge is 2.44. The number of aliphatic hydroxyl groups is 1. The number of unbranched alkanes of at least 4 members (excludes halogenated alkanes) is 8. The molecule has 4 heterocycles. The predicted molar refractivity (Wildman–Crippen MR) is 295 cm³/mol. The van der Waals surface area contributed by atoms with Gasteiger partial charge in [0.1, 0.15) is 29.3 Å². The number of piperidine rings is 1. The molecule has 5 amide bonds. The molecule has 2 fully saturated rings. The maximum atomic E-state index is 14.1. The third-order valence-corrected chi connectivity index (χ3v) is 16.3. The number of nitrogens with one attached hydrogen (secondary N) is 4. The summed E-state index contributed by atoms with van der Waals surface area (Å²) in [4.78, 5) is 85.0. The van der Waals surface area contributed by atoms with Crippen LogP contribution < -0.4 is 37.6 Å². The van der Waals surface area contributed by atoms with Crippen molar-refractivity contribution >= 4 is 81.6 Å². The predicted octanol–water partition coefficient (Wildman–Crippen LogP) is 8.33. The van der Waals surface area contributed by atoms with Gasteiger partial charge in [-0.05, 0) is 75.1 Å². The zero-order chi connectivity index (χ0) is 53.6. The third kappa shape index (κ3) is 16.8. The lowest BCUT2D eigenvalue weighted by atomic mass is 9.85. The number of carbonyl (C=O) groups excluding carboxylic acids is 5. The van der Waals surface area contributed by atoms with Crippen LogP contribution in [0.1, 0.15) is 142 Å². The molecule has 0 spiro atoms. The summed E-state index contributed by atoms with van der Waals surface area (Å²) in [7, 11) is 0. The van der Waals surface area contributed by atoms with E-state index < -0.39 is 29.5 Å². The summed E-state index contributed by atoms with van der Waals surface area (Å²) in [5.74, 6) is -0.791. The smallest absolute Gasteiger partial charge is 0.246 e. The van der Waals surface area contributed by atoms with Crippen LogP contribution in [0, 0.1) is 12.3 Å². The highest BCUT2D eigenvalue weighted by Crippen LogP contribution is 2.39. The van der Waals surface area contributed by atoms with Crippen molar-refractivity contribution in [2.45, 2.75) is 171 Å². The minimum absolute atomic E-state index is 0.0164. The second kappa shape index (κ2) is 26.9. The van der Waals surface area contributed by atoms with Crippen LogP contribution in [0.25, 0.3) is 10.4 Å². The van der Waals surface area contributed by atoms with E-state index >= 15 is 0 Å². The number of anilines is 3. The summed E-state index contributed by atoms with van der Waals surface area (Å²) in [5.41, 5.74) is 16.9. The van der Waals surface area contributed by atoms with Crippen LogP contribution in [0.3, 0.4) is 0 Å². The summed E-state index contributed by atoms with van der Waals surface area (Å²) in [6, 6.07) is 11.1. The number of β-amino-alcohol motifs (C(OH)–C–C–N with tert-alkyl or cyclic N) is 1. The van der Waals surface area contributed by atoms with Gasteiger partial charge in [0.2, 0.25) is 29.5 Å². The summed E-state index contributed by atoms with van der Waals surface area (Å²) in [6.45, 7) is 13.6. The summed E-state index contributed by atoms with van der Waals surface area (Å²) in [6.07, 6.45) is 11.1. The van der Waals surface area contributed by atoms with E-state index in [1.165, 1.54) is 16.7 Å². The minimum atomic E-state index is -0.871. The maximum absolute atomic E-state index is 14.1. The number of hydrogen-bond donors (Lipinski definition) is 7. The fraction of sp³-hybridized carbons (Fsp3) is 0.556. The second-order valence-electron chi connectivity index (χ2n) is 21.2. The number of benzene rings is 2. The van der Waals surface area contributed by atoms with Crippen molar-refractivity contribution in [1.29, 1.82) is 0 Å². The Hall–Kier alpha value is -5.34. The number of likely N-dealkylation sites (tertiary alicyclic amines) is 1. The zero-order valence-electron chi connectivity index (χ0n) is 43.8. The first kappa shape index (κ1) is 57.9. The Morgan fingerprint density at radius 2 is 1.58 bits per heavy atom. The highest BCUT2D eigenvalue weighted by atomic mass is 35.5. The lowest BCUT2D eigenvalue weighted by molar-refractivity contribution is -0.144. The van der Waals surface area contributed by atoms with E-state index in [9.17, 15) is 29.1 Å². The molecule has 0 saturated carbocycles. The lowest BCUT2D eigenvalue weighted by Crippen LogP contribution is -2.57. The Morgan fingerprint density at radius 1 is 0.919 bits per heavy atom. The van der Waals surface area contributed by atoms with Crippen molar-refractivity contribution in [3.8, 4) is 10.4 Å². The number of nitrogens with zero attached hydrogens (tertiary/aromatic N) is 5. The van der Waals surface area contributed by atoms with Crippen LogP contribution >= 0.6 is 34.7 Å². The number of aryl methyl sites for hydroxylation is 1. The van der Waals surface area contributed by atoms with Crippen LogP contribution in [-0.4, -0.2) is 104 Å². The number of aromatic nitrogens is 3. The molecule has 0 bridgehead atoms. The van der Waals surface area contributed by atoms with E-state index in [0.29, 0.717) is 39.4 Å². The molecule has 20 heteroatoms. The van der Waals surface area contributed by atoms with Gasteiger partial charge in [-0.3, -0.25) is 24.0 Å². The molecule has 0 radical (unpaired) electrons. The monoisotopic (exact) mass is 1070 g/mol. The van der Waals surface area contributed by atoms with Gasteiger partial charge in [-0.2, -0.15) is 0 Å². The third-order valence-electron chi connectivity index (χ3n) is 13.7. The molecule has 402 valence electrons. The zero-order valence-corrected chi connectivity index (χ0v) is 46.2. The van der Waals surface area contributed by atoms with Gasteiger partial charge in [-0.15, -0.1) is 11.3 Å². The number of nitrogens with two attached hydrogens (primary N) is 2. The second-order valence-corrected chi connectivity index (χ2v) is 23.4. The molecule has 2 saturated heterocycles. The van der Waals surface area contributed by atoms with Gasteiger partial charge in [0.05, 0.1) is 45.1 Å². The number of halogens is 1. The molecule has 0 aliphatic carbocycles. The largest absolute Gasteiger partial charge is 0.391 e. The summed E-state index contributed by atoms with van der Waals surface area (Å²) in [5, 5.41) is 23.1. The summed E-state index contributed by atoms with van der Waals surface area (Å²) >= 11 is 9.51. The van der Waals surface area contributed by atoms with Crippen molar-refractivity contribution in [3.63, 3.8) is 0 Å². The van der Waals surface area contributed by atoms with Crippen molar-refractivity contribution in [2.75, 3.05) is 42.1 Å². The van der Waals surface area contributed by atoms with E-state index in [1.807, 2.05) is 64.4 Å². The first-order valence-electron chi connectivity index (χ1n) is 26.0. The lowest BCUT2D eigenvalue weighted by Gasteiger charge is -2.37. The Labute approximate surface area is 449 Å². The van der Waals surface area contributed by atoms with Crippen molar-refractivity contribution < 1.29 is 29.1 Å². The maximum Gasteiger partial charge on any atom is 0.246 e. The van der Waals surface area contributed by atoms with E-state index in [4.69, 9.17) is 23.1 Å². The van der Waals surface area contributed by atoms with E-state index in [2.05, 4.69) is 48.0 Å². The number of rotatable bonds is 24. The van der Waals surface area contributed by atoms with Crippen LogP contribution in [0.5, 0.6) is 0 Å². The quantitative estimate of drug-likeness (QED) is 0.0258. The number of carbonyl (C=O) groups is 5. The SMILES string of the molecule is Cc1ncsc1-c1ccc([C@@H](C)NC(=O)[C@H]2C[C@H](O)CN2C(=O)[C@H](NC(=O)CCCCCCCCCCCNC(=O)CC(=O)Nc2cccc(Sc3ncc(N4CCC(C)(N)CC4)nc3N)c2Cl)C(C)(C)C)cc1. The van der Waals surface area contributed by atoms with E-state index in [0.717, 1.165) is 99.0 Å². The molecular formula is C54H76ClN11O6S2. The Balaban J connectivity index is 0.813. The number of amides is 5. The minimum Gasteiger partial charge on any atom is -0.391 e. The average molecular weight is 1070 g/mol.